The number of rotatable bonds is 6. The molecule has 100 valence electrons. The molecule has 3 nitrogen and oxygen atoms in total. The van der Waals surface area contributed by atoms with Gasteiger partial charge in [-0.05, 0) is 32.1 Å². The highest BCUT2D eigenvalue weighted by molar-refractivity contribution is 5.71. The molecular formula is C14H26O3. The largest absolute Gasteiger partial charge is 0.481 e. The molecule has 0 radical (unpaired) electrons. The van der Waals surface area contributed by atoms with E-state index in [2.05, 4.69) is 6.92 Å². The minimum atomic E-state index is -0.974. The molecule has 0 bridgehead atoms. The maximum Gasteiger partial charge on any atom is 0.309 e. The fourth-order valence-electron chi connectivity index (χ4n) is 3.07. The van der Waals surface area contributed by atoms with Gasteiger partial charge in [0.25, 0.3) is 0 Å². The third kappa shape index (κ3) is 3.44. The van der Waals surface area contributed by atoms with Crippen LogP contribution in [0.25, 0.3) is 0 Å². The summed E-state index contributed by atoms with van der Waals surface area (Å²) in [6.45, 7) is 3.81. The van der Waals surface area contributed by atoms with Gasteiger partial charge in [0.05, 0.1) is 11.5 Å². The molecular weight excluding hydrogens is 216 g/mol. The van der Waals surface area contributed by atoms with E-state index < -0.39 is 17.5 Å². The molecule has 0 heterocycles. The molecule has 0 aromatic heterocycles. The lowest BCUT2D eigenvalue weighted by molar-refractivity contribution is -0.160. The Morgan fingerprint density at radius 1 is 1.41 bits per heavy atom. The Balaban J connectivity index is 2.66. The van der Waals surface area contributed by atoms with Gasteiger partial charge in [0.15, 0.2) is 0 Å². The summed E-state index contributed by atoms with van der Waals surface area (Å²) in [6.07, 6.45) is 8.14. The quantitative estimate of drug-likeness (QED) is 0.703. The summed E-state index contributed by atoms with van der Waals surface area (Å²) in [7, 11) is 0. The second kappa shape index (κ2) is 6.39. The second-order valence-electron chi connectivity index (χ2n) is 5.49. The van der Waals surface area contributed by atoms with Crippen LogP contribution in [-0.4, -0.2) is 21.8 Å². The van der Waals surface area contributed by atoms with Crippen molar-refractivity contribution in [2.75, 3.05) is 0 Å². The average Bonchev–Trinajstić information content (AvgIpc) is 2.31. The van der Waals surface area contributed by atoms with Crippen LogP contribution in [-0.2, 0) is 4.79 Å². The van der Waals surface area contributed by atoms with Crippen molar-refractivity contribution in [3.63, 3.8) is 0 Å². The summed E-state index contributed by atoms with van der Waals surface area (Å²) in [5.41, 5.74) is -0.974. The van der Waals surface area contributed by atoms with Crippen LogP contribution in [0.1, 0.15) is 65.2 Å². The zero-order chi connectivity index (χ0) is 12.9. The van der Waals surface area contributed by atoms with Crippen LogP contribution in [0, 0.1) is 11.8 Å². The average molecular weight is 242 g/mol. The number of hydrogen-bond acceptors (Lipinski definition) is 2. The van der Waals surface area contributed by atoms with Gasteiger partial charge < -0.3 is 10.2 Å². The van der Waals surface area contributed by atoms with Crippen molar-refractivity contribution in [3.8, 4) is 0 Å². The van der Waals surface area contributed by atoms with Gasteiger partial charge in [0, 0.05) is 0 Å². The van der Waals surface area contributed by atoms with E-state index in [1.54, 1.807) is 6.92 Å². The van der Waals surface area contributed by atoms with Gasteiger partial charge in [-0.2, -0.15) is 0 Å². The molecule has 1 aliphatic rings. The zero-order valence-corrected chi connectivity index (χ0v) is 11.1. The van der Waals surface area contributed by atoms with Gasteiger partial charge >= 0.3 is 5.97 Å². The molecule has 0 aliphatic heterocycles. The molecule has 3 heteroatoms. The first kappa shape index (κ1) is 14.5. The van der Waals surface area contributed by atoms with E-state index in [4.69, 9.17) is 5.11 Å². The Morgan fingerprint density at radius 2 is 2.12 bits per heavy atom. The SMILES string of the molecule is CCCCCC1CCCCC1(O)C(C)C(=O)O. The molecule has 3 atom stereocenters. The molecule has 17 heavy (non-hydrogen) atoms. The molecule has 0 aromatic rings. The molecule has 0 saturated heterocycles. The lowest BCUT2D eigenvalue weighted by Crippen LogP contribution is -2.49. The van der Waals surface area contributed by atoms with E-state index >= 15 is 0 Å². The van der Waals surface area contributed by atoms with E-state index in [0.717, 1.165) is 32.1 Å². The summed E-state index contributed by atoms with van der Waals surface area (Å²) in [5, 5.41) is 19.8. The first-order valence-electron chi connectivity index (χ1n) is 6.97. The monoisotopic (exact) mass is 242 g/mol. The Labute approximate surface area is 104 Å². The van der Waals surface area contributed by atoms with Crippen LogP contribution in [0.5, 0.6) is 0 Å². The Bertz CT molecular complexity index is 252. The topological polar surface area (TPSA) is 57.5 Å². The maximum absolute atomic E-state index is 11.1. The highest BCUT2D eigenvalue weighted by Gasteiger charge is 2.45. The van der Waals surface area contributed by atoms with Crippen LogP contribution < -0.4 is 0 Å². The standard InChI is InChI=1S/C14H26O3/c1-3-4-5-8-12-9-6-7-10-14(12,17)11(2)13(15)16/h11-12,17H,3-10H2,1-2H3,(H,15,16). The Morgan fingerprint density at radius 3 is 2.71 bits per heavy atom. The van der Waals surface area contributed by atoms with Crippen molar-refractivity contribution in [1.29, 1.82) is 0 Å². The van der Waals surface area contributed by atoms with E-state index in [0.29, 0.717) is 6.42 Å². The normalized spacial score (nSPS) is 31.1. The summed E-state index contributed by atoms with van der Waals surface area (Å²) in [6, 6.07) is 0. The number of unbranched alkanes of at least 4 members (excludes halogenated alkanes) is 2. The van der Waals surface area contributed by atoms with Crippen molar-refractivity contribution in [3.05, 3.63) is 0 Å². The summed E-state index contributed by atoms with van der Waals surface area (Å²) < 4.78 is 0. The molecule has 3 unspecified atom stereocenters. The molecule has 0 aromatic carbocycles. The van der Waals surface area contributed by atoms with Crippen molar-refractivity contribution >= 4 is 5.97 Å². The van der Waals surface area contributed by atoms with Gasteiger partial charge in [0.2, 0.25) is 0 Å². The number of carbonyl (C=O) groups is 1. The number of aliphatic carboxylic acids is 1. The van der Waals surface area contributed by atoms with Crippen molar-refractivity contribution in [1.82, 2.24) is 0 Å². The van der Waals surface area contributed by atoms with E-state index in [1.165, 1.54) is 12.8 Å². The number of carboxylic acid groups (broad SMARTS) is 1. The van der Waals surface area contributed by atoms with Crippen molar-refractivity contribution < 1.29 is 15.0 Å². The summed E-state index contributed by atoms with van der Waals surface area (Å²) >= 11 is 0. The minimum Gasteiger partial charge on any atom is -0.481 e. The van der Waals surface area contributed by atoms with Crippen LogP contribution in [0.3, 0.4) is 0 Å². The molecule has 0 spiro atoms. The smallest absolute Gasteiger partial charge is 0.309 e. The second-order valence-corrected chi connectivity index (χ2v) is 5.49. The Hall–Kier alpha value is -0.570. The van der Waals surface area contributed by atoms with Crippen LogP contribution in [0.4, 0.5) is 0 Å². The molecule has 2 N–H and O–H groups in total. The summed E-state index contributed by atoms with van der Waals surface area (Å²) in [5.74, 6) is -1.33. The van der Waals surface area contributed by atoms with E-state index in [1.807, 2.05) is 0 Å². The van der Waals surface area contributed by atoms with Gasteiger partial charge in [0.1, 0.15) is 0 Å². The highest BCUT2D eigenvalue weighted by atomic mass is 16.4. The number of carboxylic acids is 1. The minimum absolute atomic E-state index is 0.175. The number of aliphatic hydroxyl groups is 1. The van der Waals surface area contributed by atoms with E-state index in [-0.39, 0.29) is 5.92 Å². The zero-order valence-electron chi connectivity index (χ0n) is 11.1. The molecule has 1 saturated carbocycles. The molecule has 1 rings (SSSR count). The third-order valence-corrected chi connectivity index (χ3v) is 4.36. The predicted molar refractivity (Wildman–Crippen MR) is 67.8 cm³/mol. The number of hydrogen-bond donors (Lipinski definition) is 2. The fraction of sp³-hybridized carbons (Fsp3) is 0.929. The van der Waals surface area contributed by atoms with Crippen molar-refractivity contribution in [2.45, 2.75) is 70.8 Å². The van der Waals surface area contributed by atoms with E-state index in [9.17, 15) is 9.90 Å². The summed E-state index contributed by atoms with van der Waals surface area (Å²) in [4.78, 5) is 11.1. The lowest BCUT2D eigenvalue weighted by Gasteiger charge is -2.42. The first-order chi connectivity index (χ1) is 8.02. The predicted octanol–water partition coefficient (Wildman–Crippen LogP) is 3.21. The molecule has 1 aliphatic carbocycles. The Kier molecular flexibility index (Phi) is 5.44. The van der Waals surface area contributed by atoms with Gasteiger partial charge in [-0.25, -0.2) is 0 Å². The lowest BCUT2D eigenvalue weighted by atomic mass is 9.67. The van der Waals surface area contributed by atoms with Crippen LogP contribution in [0.2, 0.25) is 0 Å². The van der Waals surface area contributed by atoms with Gasteiger partial charge in [-0.1, -0.05) is 39.0 Å². The fourth-order valence-corrected chi connectivity index (χ4v) is 3.07. The first-order valence-corrected chi connectivity index (χ1v) is 6.97. The highest BCUT2D eigenvalue weighted by Crippen LogP contribution is 2.41. The third-order valence-electron chi connectivity index (χ3n) is 4.36. The maximum atomic E-state index is 11.1. The van der Waals surface area contributed by atoms with Gasteiger partial charge in [-0.3, -0.25) is 4.79 Å². The van der Waals surface area contributed by atoms with Crippen LogP contribution >= 0.6 is 0 Å². The van der Waals surface area contributed by atoms with Crippen molar-refractivity contribution in [2.24, 2.45) is 11.8 Å². The molecule has 0 amide bonds. The van der Waals surface area contributed by atoms with Gasteiger partial charge in [-0.15, -0.1) is 0 Å². The molecule has 1 fully saturated rings. The van der Waals surface area contributed by atoms with Crippen LogP contribution in [0.15, 0.2) is 0 Å².